The van der Waals surface area contributed by atoms with Gasteiger partial charge in [-0.2, -0.15) is 0 Å². The summed E-state index contributed by atoms with van der Waals surface area (Å²) >= 11 is 0. The number of hydrogen-bond acceptors (Lipinski definition) is 8. The van der Waals surface area contributed by atoms with E-state index >= 15 is 0 Å². The number of pyridine rings is 2. The molecule has 0 aliphatic heterocycles. The first-order valence-electron chi connectivity index (χ1n) is 7.81. The molecule has 0 saturated carbocycles. The molecule has 0 unspecified atom stereocenters. The van der Waals surface area contributed by atoms with Crippen LogP contribution in [-0.2, 0) is 11.4 Å². The number of carboxylic acid groups (broad SMARTS) is 1. The average Bonchev–Trinajstić information content (AvgIpc) is 2.69. The van der Waals surface area contributed by atoms with Gasteiger partial charge in [0.05, 0.1) is 30.3 Å². The Bertz CT molecular complexity index is 867. The number of aromatic nitrogens is 2. The maximum Gasteiger partial charge on any atom is 0.322 e. The molecule has 2 aromatic rings. The predicted octanol–water partition coefficient (Wildman–Crippen LogP) is 1.54. The fourth-order valence-corrected chi connectivity index (χ4v) is 2.19. The number of nitrogens with zero attached hydrogens (tertiary/aromatic N) is 2. The Labute approximate surface area is 155 Å². The first-order valence-corrected chi connectivity index (χ1v) is 7.81. The standard InChI is InChI=1S/C18H18N4O5/c1-26-16-7-13(10-23)15(8-22-16)27-11-12-3-2-6-20-18(12)14(4-5-19)21-9-17(24)25/h2-8,10,19,21H,9,11H2,1H3,(H,24,25)/b14-4-,19-5?. The lowest BCUT2D eigenvalue weighted by Crippen LogP contribution is -2.22. The van der Waals surface area contributed by atoms with Crippen LogP contribution in [0.25, 0.3) is 5.70 Å². The largest absolute Gasteiger partial charge is 0.486 e. The van der Waals surface area contributed by atoms with Crippen LogP contribution in [0.5, 0.6) is 11.6 Å². The van der Waals surface area contributed by atoms with Gasteiger partial charge in [-0.3, -0.25) is 14.6 Å². The Morgan fingerprint density at radius 1 is 1.41 bits per heavy atom. The van der Waals surface area contributed by atoms with E-state index in [1.54, 1.807) is 18.3 Å². The van der Waals surface area contributed by atoms with Crippen LogP contribution >= 0.6 is 0 Å². The molecule has 0 amide bonds. The van der Waals surface area contributed by atoms with Gasteiger partial charge in [0.25, 0.3) is 0 Å². The molecule has 0 radical (unpaired) electrons. The Balaban J connectivity index is 2.25. The first-order chi connectivity index (χ1) is 13.1. The van der Waals surface area contributed by atoms with Gasteiger partial charge in [0.1, 0.15) is 18.9 Å². The van der Waals surface area contributed by atoms with E-state index in [1.165, 1.54) is 25.4 Å². The SMILES string of the molecule is COc1cc(C=O)c(OCc2cccnc2/C(=C/C=N)NCC(=O)O)cn1. The fourth-order valence-electron chi connectivity index (χ4n) is 2.19. The van der Waals surface area contributed by atoms with Crippen molar-refractivity contribution < 1.29 is 24.2 Å². The molecule has 9 heteroatoms. The fraction of sp³-hybridized carbons (Fsp3) is 0.167. The maximum atomic E-state index is 11.2. The average molecular weight is 370 g/mol. The highest BCUT2D eigenvalue weighted by atomic mass is 16.5. The van der Waals surface area contributed by atoms with Gasteiger partial charge in [-0.1, -0.05) is 6.07 Å². The van der Waals surface area contributed by atoms with Crippen molar-refractivity contribution in [3.05, 3.63) is 53.5 Å². The summed E-state index contributed by atoms with van der Waals surface area (Å²) in [5.41, 5.74) is 1.73. The molecule has 0 bridgehead atoms. The summed E-state index contributed by atoms with van der Waals surface area (Å²) in [5.74, 6) is -0.475. The van der Waals surface area contributed by atoms with Crippen LogP contribution in [0.15, 0.2) is 36.7 Å². The summed E-state index contributed by atoms with van der Waals surface area (Å²) in [5, 5.41) is 18.8. The Hall–Kier alpha value is -3.75. The van der Waals surface area contributed by atoms with Crippen LogP contribution in [0.3, 0.4) is 0 Å². The second-order valence-electron chi connectivity index (χ2n) is 5.18. The van der Waals surface area contributed by atoms with Crippen molar-refractivity contribution >= 4 is 24.2 Å². The predicted molar refractivity (Wildman–Crippen MR) is 97.1 cm³/mol. The number of hydrogen-bond donors (Lipinski definition) is 3. The van der Waals surface area contributed by atoms with E-state index in [-0.39, 0.29) is 24.5 Å². The molecular weight excluding hydrogens is 352 g/mol. The van der Waals surface area contributed by atoms with Gasteiger partial charge >= 0.3 is 5.97 Å². The number of rotatable bonds is 10. The highest BCUT2D eigenvalue weighted by Crippen LogP contribution is 2.22. The third-order valence-electron chi connectivity index (χ3n) is 3.42. The van der Waals surface area contributed by atoms with Crippen LogP contribution in [-0.4, -0.2) is 47.2 Å². The lowest BCUT2D eigenvalue weighted by Gasteiger charge is -2.14. The summed E-state index contributed by atoms with van der Waals surface area (Å²) in [7, 11) is 1.45. The molecule has 0 spiro atoms. The van der Waals surface area contributed by atoms with Gasteiger partial charge < -0.3 is 25.3 Å². The molecule has 2 heterocycles. The minimum atomic E-state index is -1.04. The lowest BCUT2D eigenvalue weighted by molar-refractivity contribution is -0.135. The molecule has 0 saturated heterocycles. The molecule has 3 N–H and O–H groups in total. The number of allylic oxidation sites excluding steroid dienone is 1. The first kappa shape index (κ1) is 19.6. The van der Waals surface area contributed by atoms with E-state index in [2.05, 4.69) is 15.3 Å². The van der Waals surface area contributed by atoms with Crippen molar-refractivity contribution in [2.24, 2.45) is 0 Å². The van der Waals surface area contributed by atoms with Crippen LogP contribution in [0.1, 0.15) is 21.6 Å². The summed E-state index contributed by atoms with van der Waals surface area (Å²) in [6.45, 7) is -0.268. The Morgan fingerprint density at radius 2 is 2.22 bits per heavy atom. The third-order valence-corrected chi connectivity index (χ3v) is 3.42. The number of carboxylic acids is 1. The molecule has 9 nitrogen and oxygen atoms in total. The molecule has 0 atom stereocenters. The summed E-state index contributed by atoms with van der Waals surface area (Å²) in [4.78, 5) is 30.3. The van der Waals surface area contributed by atoms with E-state index in [1.807, 2.05) is 0 Å². The monoisotopic (exact) mass is 370 g/mol. The van der Waals surface area contributed by atoms with Gasteiger partial charge in [0.15, 0.2) is 6.29 Å². The highest BCUT2D eigenvalue weighted by Gasteiger charge is 2.12. The molecule has 0 fully saturated rings. The molecule has 0 aliphatic rings. The van der Waals surface area contributed by atoms with Crippen LogP contribution in [0, 0.1) is 5.41 Å². The molecule has 2 aromatic heterocycles. The zero-order valence-corrected chi connectivity index (χ0v) is 14.5. The summed E-state index contributed by atoms with van der Waals surface area (Å²) in [6.07, 6.45) is 6.00. The van der Waals surface area contributed by atoms with E-state index in [9.17, 15) is 9.59 Å². The number of ether oxygens (including phenoxy) is 2. The molecule has 2 rings (SSSR count). The van der Waals surface area contributed by atoms with Crippen molar-refractivity contribution in [1.82, 2.24) is 15.3 Å². The number of aliphatic carboxylic acids is 1. The van der Waals surface area contributed by atoms with Gasteiger partial charge in [-0.25, -0.2) is 4.98 Å². The Kier molecular flexibility index (Phi) is 7.00. The number of carbonyl (C=O) groups is 2. The summed E-state index contributed by atoms with van der Waals surface area (Å²) in [6, 6.07) is 4.91. The van der Waals surface area contributed by atoms with Gasteiger partial charge in [0.2, 0.25) is 5.88 Å². The molecule has 140 valence electrons. The third kappa shape index (κ3) is 5.36. The lowest BCUT2D eigenvalue weighted by atomic mass is 10.1. The second kappa shape index (κ2) is 9.66. The van der Waals surface area contributed by atoms with Crippen LogP contribution < -0.4 is 14.8 Å². The van der Waals surface area contributed by atoms with Crippen molar-refractivity contribution in [3.63, 3.8) is 0 Å². The number of nitrogens with one attached hydrogen (secondary N) is 2. The van der Waals surface area contributed by atoms with Crippen molar-refractivity contribution in [2.45, 2.75) is 6.61 Å². The van der Waals surface area contributed by atoms with Crippen LogP contribution in [0.2, 0.25) is 0 Å². The number of methoxy groups -OCH3 is 1. The molecular formula is C18H18N4O5. The van der Waals surface area contributed by atoms with Crippen molar-refractivity contribution in [3.8, 4) is 11.6 Å². The van der Waals surface area contributed by atoms with Crippen molar-refractivity contribution in [2.75, 3.05) is 13.7 Å². The van der Waals surface area contributed by atoms with Gasteiger partial charge in [-0.05, 0) is 12.1 Å². The minimum Gasteiger partial charge on any atom is -0.486 e. The van der Waals surface area contributed by atoms with E-state index < -0.39 is 5.97 Å². The second-order valence-corrected chi connectivity index (χ2v) is 5.18. The van der Waals surface area contributed by atoms with E-state index in [0.717, 1.165) is 6.21 Å². The molecule has 27 heavy (non-hydrogen) atoms. The van der Waals surface area contributed by atoms with Gasteiger partial charge in [0, 0.05) is 24.0 Å². The zero-order chi connectivity index (χ0) is 19.6. The van der Waals surface area contributed by atoms with Crippen molar-refractivity contribution in [1.29, 1.82) is 5.41 Å². The molecule has 0 aliphatic carbocycles. The molecule has 0 aromatic carbocycles. The summed E-state index contributed by atoms with van der Waals surface area (Å²) < 4.78 is 10.7. The van der Waals surface area contributed by atoms with Gasteiger partial charge in [-0.15, -0.1) is 0 Å². The van der Waals surface area contributed by atoms with Crippen LogP contribution in [0.4, 0.5) is 0 Å². The quantitative estimate of drug-likeness (QED) is 0.423. The topological polar surface area (TPSA) is 134 Å². The highest BCUT2D eigenvalue weighted by molar-refractivity contribution is 5.83. The van der Waals surface area contributed by atoms with E-state index in [0.29, 0.717) is 29.1 Å². The number of carbonyl (C=O) groups excluding carboxylic acids is 1. The van der Waals surface area contributed by atoms with E-state index in [4.69, 9.17) is 20.0 Å². The normalized spacial score (nSPS) is 10.8. The smallest absolute Gasteiger partial charge is 0.322 e. The number of aldehydes is 1. The Morgan fingerprint density at radius 3 is 2.89 bits per heavy atom. The zero-order valence-electron chi connectivity index (χ0n) is 14.5. The minimum absolute atomic E-state index is 0.0577. The maximum absolute atomic E-state index is 11.2.